The van der Waals surface area contributed by atoms with Crippen molar-refractivity contribution in [2.24, 2.45) is 0 Å². The molecule has 1 aliphatic heterocycles. The molecular formula is C14H22FNO4. The summed E-state index contributed by atoms with van der Waals surface area (Å²) in [6, 6.07) is 0. The van der Waals surface area contributed by atoms with Gasteiger partial charge < -0.3 is 14.4 Å². The lowest BCUT2D eigenvalue weighted by Gasteiger charge is -2.30. The SMILES string of the molecule is CCCCOC(=O)N1CCC(=CC(=O)OCC)C(F)C1. The highest BCUT2D eigenvalue weighted by atomic mass is 19.1. The minimum Gasteiger partial charge on any atom is -0.463 e. The molecule has 20 heavy (non-hydrogen) atoms. The third-order valence-electron chi connectivity index (χ3n) is 3.02. The van der Waals surface area contributed by atoms with Crippen LogP contribution in [0.1, 0.15) is 33.1 Å². The molecule has 5 nitrogen and oxygen atoms in total. The topological polar surface area (TPSA) is 55.8 Å². The van der Waals surface area contributed by atoms with Crippen molar-refractivity contribution < 1.29 is 23.5 Å². The molecule has 1 unspecified atom stereocenters. The van der Waals surface area contributed by atoms with E-state index in [1.165, 1.54) is 11.0 Å². The van der Waals surface area contributed by atoms with Crippen molar-refractivity contribution in [3.8, 4) is 0 Å². The third kappa shape index (κ3) is 5.19. The van der Waals surface area contributed by atoms with Crippen LogP contribution in [0.2, 0.25) is 0 Å². The molecule has 1 aliphatic rings. The van der Waals surface area contributed by atoms with Gasteiger partial charge in [0.2, 0.25) is 0 Å². The van der Waals surface area contributed by atoms with Crippen LogP contribution in [0, 0.1) is 0 Å². The lowest BCUT2D eigenvalue weighted by atomic mass is 10.0. The minimum atomic E-state index is -1.34. The second-order valence-electron chi connectivity index (χ2n) is 4.60. The Morgan fingerprint density at radius 2 is 2.15 bits per heavy atom. The Morgan fingerprint density at radius 1 is 1.40 bits per heavy atom. The number of piperidine rings is 1. The Bertz CT molecular complexity index is 370. The fourth-order valence-electron chi connectivity index (χ4n) is 1.88. The number of amides is 1. The molecule has 0 aliphatic carbocycles. The van der Waals surface area contributed by atoms with E-state index in [1.54, 1.807) is 6.92 Å². The highest BCUT2D eigenvalue weighted by Gasteiger charge is 2.28. The standard InChI is InChI=1S/C14H22FNO4/c1-3-5-8-20-14(18)16-7-6-11(12(15)10-16)9-13(17)19-4-2/h9,12H,3-8,10H2,1-2H3. The van der Waals surface area contributed by atoms with Crippen molar-refractivity contribution in [1.29, 1.82) is 0 Å². The van der Waals surface area contributed by atoms with Crippen LogP contribution >= 0.6 is 0 Å². The summed E-state index contributed by atoms with van der Waals surface area (Å²) in [5.41, 5.74) is 0.376. The monoisotopic (exact) mass is 287 g/mol. The number of likely N-dealkylation sites (tertiary alicyclic amines) is 1. The highest BCUT2D eigenvalue weighted by Crippen LogP contribution is 2.20. The molecule has 0 bridgehead atoms. The van der Waals surface area contributed by atoms with Crippen molar-refractivity contribution >= 4 is 12.1 Å². The zero-order valence-electron chi connectivity index (χ0n) is 12.1. The van der Waals surface area contributed by atoms with E-state index in [0.717, 1.165) is 12.8 Å². The molecule has 0 radical (unpaired) electrons. The lowest BCUT2D eigenvalue weighted by Crippen LogP contribution is -2.42. The summed E-state index contributed by atoms with van der Waals surface area (Å²) in [7, 11) is 0. The van der Waals surface area contributed by atoms with Crippen LogP contribution < -0.4 is 0 Å². The molecule has 1 atom stereocenters. The van der Waals surface area contributed by atoms with Crippen LogP contribution in [0.25, 0.3) is 0 Å². The quantitative estimate of drug-likeness (QED) is 0.443. The summed E-state index contributed by atoms with van der Waals surface area (Å²) >= 11 is 0. The van der Waals surface area contributed by atoms with Crippen molar-refractivity contribution in [2.45, 2.75) is 39.3 Å². The van der Waals surface area contributed by atoms with Crippen LogP contribution in [0.3, 0.4) is 0 Å². The molecule has 0 aromatic carbocycles. The molecule has 0 spiro atoms. The summed E-state index contributed by atoms with van der Waals surface area (Å²) in [6.07, 6.45) is 1.41. The van der Waals surface area contributed by atoms with Crippen LogP contribution in [-0.2, 0) is 14.3 Å². The molecule has 6 heteroatoms. The van der Waals surface area contributed by atoms with Gasteiger partial charge in [-0.25, -0.2) is 14.0 Å². The first-order valence-electron chi connectivity index (χ1n) is 7.01. The maximum Gasteiger partial charge on any atom is 0.409 e. The van der Waals surface area contributed by atoms with Gasteiger partial charge in [0.15, 0.2) is 0 Å². The van der Waals surface area contributed by atoms with Crippen LogP contribution in [0.5, 0.6) is 0 Å². The highest BCUT2D eigenvalue weighted by molar-refractivity contribution is 5.83. The minimum absolute atomic E-state index is 0.0732. The van der Waals surface area contributed by atoms with E-state index in [-0.39, 0.29) is 13.2 Å². The van der Waals surface area contributed by atoms with Gasteiger partial charge in [0.25, 0.3) is 0 Å². The number of rotatable bonds is 5. The van der Waals surface area contributed by atoms with E-state index in [2.05, 4.69) is 0 Å². The van der Waals surface area contributed by atoms with Crippen molar-refractivity contribution in [1.82, 2.24) is 4.90 Å². The first kappa shape index (κ1) is 16.5. The third-order valence-corrected chi connectivity index (χ3v) is 3.02. The predicted molar refractivity (Wildman–Crippen MR) is 72.1 cm³/mol. The van der Waals surface area contributed by atoms with E-state index < -0.39 is 18.2 Å². The number of unbranched alkanes of at least 4 members (excludes halogenated alkanes) is 1. The van der Waals surface area contributed by atoms with Crippen LogP contribution in [0.15, 0.2) is 11.6 Å². The number of esters is 1. The molecule has 1 rings (SSSR count). The fraction of sp³-hybridized carbons (Fsp3) is 0.714. The number of alkyl halides is 1. The molecule has 114 valence electrons. The Labute approximate surface area is 118 Å². The van der Waals surface area contributed by atoms with Gasteiger partial charge in [-0.1, -0.05) is 13.3 Å². The van der Waals surface area contributed by atoms with E-state index in [0.29, 0.717) is 25.1 Å². The van der Waals surface area contributed by atoms with Gasteiger partial charge >= 0.3 is 12.1 Å². The Hall–Kier alpha value is -1.59. The number of ether oxygens (including phenoxy) is 2. The normalized spacial score (nSPS) is 20.9. The Morgan fingerprint density at radius 3 is 2.75 bits per heavy atom. The average Bonchev–Trinajstić information content (AvgIpc) is 2.41. The fourth-order valence-corrected chi connectivity index (χ4v) is 1.88. The van der Waals surface area contributed by atoms with Crippen molar-refractivity contribution in [2.75, 3.05) is 26.3 Å². The molecule has 0 aromatic rings. The first-order valence-corrected chi connectivity index (χ1v) is 7.01. The van der Waals surface area contributed by atoms with E-state index in [1.807, 2.05) is 6.92 Å². The van der Waals surface area contributed by atoms with E-state index in [4.69, 9.17) is 9.47 Å². The number of nitrogens with zero attached hydrogens (tertiary/aromatic N) is 1. The number of hydrogen-bond acceptors (Lipinski definition) is 4. The number of carbonyl (C=O) groups excluding carboxylic acids is 2. The molecule has 1 fully saturated rings. The average molecular weight is 287 g/mol. The van der Waals surface area contributed by atoms with Crippen LogP contribution in [-0.4, -0.2) is 49.4 Å². The largest absolute Gasteiger partial charge is 0.463 e. The lowest BCUT2D eigenvalue weighted by molar-refractivity contribution is -0.137. The number of carbonyl (C=O) groups is 2. The van der Waals surface area contributed by atoms with Crippen molar-refractivity contribution in [3.63, 3.8) is 0 Å². The smallest absolute Gasteiger partial charge is 0.409 e. The molecule has 0 saturated carbocycles. The molecule has 1 saturated heterocycles. The van der Waals surface area contributed by atoms with Gasteiger partial charge in [-0.15, -0.1) is 0 Å². The Kier molecular flexibility index (Phi) is 7.04. The van der Waals surface area contributed by atoms with E-state index in [9.17, 15) is 14.0 Å². The second-order valence-corrected chi connectivity index (χ2v) is 4.60. The molecule has 0 aromatic heterocycles. The van der Waals surface area contributed by atoms with Gasteiger partial charge in [0, 0.05) is 12.6 Å². The zero-order chi connectivity index (χ0) is 15.0. The summed E-state index contributed by atoms with van der Waals surface area (Å²) in [4.78, 5) is 24.3. The number of hydrogen-bond donors (Lipinski definition) is 0. The molecule has 1 amide bonds. The van der Waals surface area contributed by atoms with Gasteiger partial charge in [0.1, 0.15) is 6.17 Å². The maximum atomic E-state index is 13.9. The summed E-state index contributed by atoms with van der Waals surface area (Å²) < 4.78 is 23.7. The van der Waals surface area contributed by atoms with Crippen molar-refractivity contribution in [3.05, 3.63) is 11.6 Å². The van der Waals surface area contributed by atoms with Gasteiger partial charge in [0.05, 0.1) is 19.8 Å². The summed E-state index contributed by atoms with van der Waals surface area (Å²) in [6.45, 7) is 4.59. The first-order chi connectivity index (χ1) is 9.58. The summed E-state index contributed by atoms with van der Waals surface area (Å²) in [5.74, 6) is -0.538. The Balaban J connectivity index is 2.46. The number of halogens is 1. The van der Waals surface area contributed by atoms with Gasteiger partial charge in [-0.05, 0) is 25.3 Å². The molecular weight excluding hydrogens is 265 g/mol. The molecule has 0 N–H and O–H groups in total. The van der Waals surface area contributed by atoms with E-state index >= 15 is 0 Å². The van der Waals surface area contributed by atoms with Crippen LogP contribution in [0.4, 0.5) is 9.18 Å². The van der Waals surface area contributed by atoms with Gasteiger partial charge in [-0.3, -0.25) is 0 Å². The summed E-state index contributed by atoms with van der Waals surface area (Å²) in [5, 5.41) is 0. The predicted octanol–water partition coefficient (Wildman–Crippen LogP) is 2.46. The maximum absolute atomic E-state index is 13.9. The molecule has 1 heterocycles. The zero-order valence-corrected chi connectivity index (χ0v) is 12.1. The van der Waals surface area contributed by atoms with Gasteiger partial charge in [-0.2, -0.15) is 0 Å². The second kappa shape index (κ2) is 8.55.